The third-order valence-corrected chi connectivity index (χ3v) is 11.5. The number of nitrogens with one attached hydrogen (secondary N) is 5. The van der Waals surface area contributed by atoms with E-state index >= 15 is 0 Å². The van der Waals surface area contributed by atoms with Crippen LogP contribution in [0.2, 0.25) is 0 Å². The lowest BCUT2D eigenvalue weighted by molar-refractivity contribution is -0.141. The lowest BCUT2D eigenvalue weighted by atomic mass is 9.86. The van der Waals surface area contributed by atoms with E-state index in [2.05, 4.69) is 57.3 Å². The highest BCUT2D eigenvalue weighted by molar-refractivity contribution is 6.00. The molecule has 5 rings (SSSR count). The van der Waals surface area contributed by atoms with E-state index in [1.54, 1.807) is 50.2 Å². The quantitative estimate of drug-likeness (QED) is 0.0629. The van der Waals surface area contributed by atoms with Crippen LogP contribution in [-0.2, 0) is 35.8 Å². The van der Waals surface area contributed by atoms with Gasteiger partial charge in [0.05, 0.1) is 29.6 Å². The Morgan fingerprint density at radius 1 is 0.884 bits per heavy atom. The fourth-order valence-corrected chi connectivity index (χ4v) is 7.87. The van der Waals surface area contributed by atoms with E-state index in [0.29, 0.717) is 45.4 Å². The van der Waals surface area contributed by atoms with Crippen LogP contribution in [0, 0.1) is 25.2 Å². The second kappa shape index (κ2) is 23.5. The van der Waals surface area contributed by atoms with Crippen molar-refractivity contribution in [1.29, 1.82) is 5.26 Å². The minimum Gasteiger partial charge on any atom is -0.492 e. The summed E-state index contributed by atoms with van der Waals surface area (Å²) < 4.78 is 12.3. The van der Waals surface area contributed by atoms with Crippen LogP contribution in [-0.4, -0.2) is 115 Å². The maximum atomic E-state index is 14.8. The molecule has 0 aliphatic carbocycles. The first-order valence-electron chi connectivity index (χ1n) is 22.7. The van der Waals surface area contributed by atoms with Gasteiger partial charge in [-0.15, -0.1) is 0 Å². The molecule has 0 spiro atoms. The molecular formula is C50H63N11O8. The van der Waals surface area contributed by atoms with Gasteiger partial charge in [0.25, 0.3) is 5.91 Å². The second-order valence-electron chi connectivity index (χ2n) is 17.8. The summed E-state index contributed by atoms with van der Waals surface area (Å²) in [7, 11) is 1.40. The predicted molar refractivity (Wildman–Crippen MR) is 259 cm³/mol. The van der Waals surface area contributed by atoms with Gasteiger partial charge in [-0.1, -0.05) is 57.2 Å². The molecule has 0 radical (unpaired) electrons. The van der Waals surface area contributed by atoms with Crippen molar-refractivity contribution in [1.82, 2.24) is 41.5 Å². The van der Waals surface area contributed by atoms with Crippen molar-refractivity contribution >= 4 is 35.4 Å². The molecule has 0 saturated carbocycles. The largest absolute Gasteiger partial charge is 0.492 e. The number of carbonyl (C=O) groups is 6. The highest BCUT2D eigenvalue weighted by Gasteiger charge is 2.36. The number of nitrogens with zero attached hydrogens (tertiary/aromatic N) is 4. The number of amides is 6. The number of benzene rings is 3. The number of rotatable bonds is 16. The number of hydrogen-bond donors (Lipinski definition) is 7. The minimum atomic E-state index is -1.44. The van der Waals surface area contributed by atoms with E-state index in [9.17, 15) is 34.0 Å². The number of likely N-dealkylation sites (N-methyl/N-ethyl adjacent to an activating group) is 1. The Hall–Kier alpha value is -7.43. The van der Waals surface area contributed by atoms with E-state index in [0.717, 1.165) is 11.1 Å². The van der Waals surface area contributed by atoms with E-state index < -0.39 is 53.7 Å². The summed E-state index contributed by atoms with van der Waals surface area (Å²) in [4.78, 5) is 93.0. The molecule has 19 nitrogen and oxygen atoms in total. The van der Waals surface area contributed by atoms with Crippen molar-refractivity contribution in [3.63, 3.8) is 0 Å². The lowest BCUT2D eigenvalue weighted by Crippen LogP contribution is -2.56. The van der Waals surface area contributed by atoms with Crippen LogP contribution in [0.1, 0.15) is 85.5 Å². The molecule has 366 valence electrons. The van der Waals surface area contributed by atoms with Gasteiger partial charge in [0.15, 0.2) is 5.82 Å². The zero-order valence-corrected chi connectivity index (χ0v) is 40.4. The van der Waals surface area contributed by atoms with Crippen LogP contribution in [0.15, 0.2) is 60.7 Å². The minimum absolute atomic E-state index is 0.0158. The Kier molecular flexibility index (Phi) is 17.9. The van der Waals surface area contributed by atoms with Crippen LogP contribution in [0.4, 0.5) is 0 Å². The van der Waals surface area contributed by atoms with Gasteiger partial charge in [-0.25, -0.2) is 9.97 Å². The van der Waals surface area contributed by atoms with Crippen LogP contribution in [0.25, 0.3) is 22.5 Å². The molecule has 4 atom stereocenters. The van der Waals surface area contributed by atoms with Crippen LogP contribution >= 0.6 is 0 Å². The number of fused-ring (bicyclic) bond motifs is 5. The van der Waals surface area contributed by atoms with E-state index in [-0.39, 0.29) is 74.7 Å². The zero-order chi connectivity index (χ0) is 50.6. The molecule has 3 aromatic carbocycles. The molecule has 69 heavy (non-hydrogen) atoms. The summed E-state index contributed by atoms with van der Waals surface area (Å²) in [5, 5.41) is 22.6. The number of aryl methyl sites for hydroxylation is 2. The summed E-state index contributed by atoms with van der Waals surface area (Å²) in [5.41, 5.74) is 16.4. The fraction of sp³-hybridized carbons (Fsp3) is 0.420. The normalized spacial score (nSPS) is 16.3. The second-order valence-corrected chi connectivity index (χ2v) is 17.8. The van der Waals surface area contributed by atoms with Crippen molar-refractivity contribution in [2.24, 2.45) is 11.5 Å². The molecule has 2 heterocycles. The first-order valence-corrected chi connectivity index (χ1v) is 22.7. The first kappa shape index (κ1) is 52.5. The van der Waals surface area contributed by atoms with E-state index in [1.807, 2.05) is 30.3 Å². The van der Waals surface area contributed by atoms with E-state index in [4.69, 9.17) is 20.9 Å². The van der Waals surface area contributed by atoms with Crippen molar-refractivity contribution in [2.75, 3.05) is 46.4 Å². The average Bonchev–Trinajstić information content (AvgIpc) is 3.30. The van der Waals surface area contributed by atoms with Crippen LogP contribution in [0.3, 0.4) is 0 Å². The Morgan fingerprint density at radius 2 is 1.52 bits per heavy atom. The van der Waals surface area contributed by atoms with Gasteiger partial charge in [-0.05, 0) is 80.1 Å². The first-order chi connectivity index (χ1) is 32.8. The molecular weight excluding hydrogens is 883 g/mol. The smallest absolute Gasteiger partial charge is 0.255 e. The van der Waals surface area contributed by atoms with Crippen LogP contribution in [0.5, 0.6) is 11.5 Å². The van der Waals surface area contributed by atoms with Gasteiger partial charge in [0.1, 0.15) is 55.4 Å². The van der Waals surface area contributed by atoms with Gasteiger partial charge in [0.2, 0.25) is 29.5 Å². The number of ether oxygens (including phenoxy) is 2. The summed E-state index contributed by atoms with van der Waals surface area (Å²) >= 11 is 0. The number of carbonyl (C=O) groups excluding carboxylic acids is 6. The summed E-state index contributed by atoms with van der Waals surface area (Å²) in [6.07, 6.45) is -0.0476. The molecule has 0 fully saturated rings. The number of aromatic nitrogens is 2. The molecule has 6 amide bonds. The molecule has 1 unspecified atom stereocenters. The standard InChI is InChI=1S/C50H63N11O8/c1-28-42(29(2)57-44(56-28)33-10-13-35(14-11-33)50(5,6)7)47(65)59-38(17-18-51)49(67)61(8)43-34-12-16-41(68-23-20-53)37(27-34)36-25-32(9-15-40(36)69-24-22-54-31(4)62)26-39(46(64)55-21-19-52)60-45(63)30(3)58-48(43)66/h9-16,25,27,30,38-39,43H,17-18,20-24,26,51,53H2,1-8H3,(H,54,62)(H,55,64)(H,58,66)(H,59,65)(H,60,63)/t30-,38?,39-,43-/m0/s1. The number of hydrogen-bond acceptors (Lipinski definition) is 13. The summed E-state index contributed by atoms with van der Waals surface area (Å²) in [6, 6.07) is 14.7. The maximum absolute atomic E-state index is 14.8. The Labute approximate surface area is 402 Å². The van der Waals surface area contributed by atoms with Gasteiger partial charge < -0.3 is 52.4 Å². The molecule has 19 heteroatoms. The predicted octanol–water partition coefficient (Wildman–Crippen LogP) is 2.41. The molecule has 1 aliphatic heterocycles. The van der Waals surface area contributed by atoms with Crippen molar-refractivity contribution in [2.45, 2.75) is 90.9 Å². The average molecular weight is 946 g/mol. The molecule has 4 bridgehead atoms. The monoisotopic (exact) mass is 945 g/mol. The van der Waals surface area contributed by atoms with Crippen LogP contribution < -0.4 is 47.5 Å². The molecule has 9 N–H and O–H groups in total. The van der Waals surface area contributed by atoms with Gasteiger partial charge in [0, 0.05) is 43.6 Å². The van der Waals surface area contributed by atoms with Crippen molar-refractivity contribution < 1.29 is 38.2 Å². The number of nitriles is 1. The zero-order valence-electron chi connectivity index (χ0n) is 40.4. The Bertz CT molecular complexity index is 2570. The van der Waals surface area contributed by atoms with Gasteiger partial charge in [-0.3, -0.25) is 28.8 Å². The molecule has 1 aromatic heterocycles. The summed E-state index contributed by atoms with van der Waals surface area (Å²) in [6.45, 7) is 12.7. The highest BCUT2D eigenvalue weighted by Crippen LogP contribution is 2.40. The fourth-order valence-electron chi connectivity index (χ4n) is 7.87. The maximum Gasteiger partial charge on any atom is 0.255 e. The molecule has 4 aromatic rings. The Morgan fingerprint density at radius 3 is 2.13 bits per heavy atom. The van der Waals surface area contributed by atoms with Crippen molar-refractivity contribution in [3.05, 3.63) is 94.3 Å². The third kappa shape index (κ3) is 13.4. The number of nitrogens with two attached hydrogens (primary N) is 2. The molecule has 1 aliphatic rings. The SMILES string of the molecule is CC(=O)NCCOc1ccc2cc1-c1cc(ccc1OCCN)[C@H](N(C)C(=O)C(CCN)NC(=O)c1c(C)nc(-c3ccc(C(C)(C)C)cc3)nc1C)C(=O)N[C@@H](C)C(=O)N[C@H](C(=O)NCC#N)C2. The van der Waals surface area contributed by atoms with Gasteiger partial charge in [-0.2, -0.15) is 5.26 Å². The Balaban J connectivity index is 1.58. The molecule has 0 saturated heterocycles. The summed E-state index contributed by atoms with van der Waals surface area (Å²) in [5.74, 6) is -2.57. The van der Waals surface area contributed by atoms with Crippen molar-refractivity contribution in [3.8, 4) is 40.1 Å². The third-order valence-electron chi connectivity index (χ3n) is 11.5. The highest BCUT2D eigenvalue weighted by atomic mass is 16.5. The lowest BCUT2D eigenvalue weighted by Gasteiger charge is -2.32. The van der Waals surface area contributed by atoms with E-state index in [1.165, 1.54) is 25.8 Å². The topological polar surface area (TPSA) is 286 Å². The van der Waals surface area contributed by atoms with Gasteiger partial charge >= 0.3 is 0 Å².